The van der Waals surface area contributed by atoms with Crippen LogP contribution in [0.4, 0.5) is 0 Å². The zero-order valence-electron chi connectivity index (χ0n) is 7.95. The van der Waals surface area contributed by atoms with Crippen LogP contribution in [0, 0.1) is 0 Å². The fourth-order valence-electron chi connectivity index (χ4n) is 0.943. The van der Waals surface area contributed by atoms with Gasteiger partial charge in [0.2, 0.25) is 0 Å². The summed E-state index contributed by atoms with van der Waals surface area (Å²) in [6.45, 7) is 6.50. The topological polar surface area (TPSA) is 17.8 Å². The normalized spacial score (nSPS) is 11.0. The second-order valence-corrected chi connectivity index (χ2v) is 4.32. The number of imidazole rings is 1. The third kappa shape index (κ3) is 2.55. The molecular formula is C9H16N2S. The Morgan fingerprint density at radius 2 is 2.33 bits per heavy atom. The predicted molar refractivity (Wildman–Crippen MR) is 54.4 cm³/mol. The SMILES string of the molecule is CCSCc1cn(C(C)C)cn1. The summed E-state index contributed by atoms with van der Waals surface area (Å²) < 4.78 is 2.14. The first-order valence-corrected chi connectivity index (χ1v) is 5.49. The van der Waals surface area contributed by atoms with E-state index in [1.54, 1.807) is 0 Å². The van der Waals surface area contributed by atoms with Gasteiger partial charge in [0.1, 0.15) is 0 Å². The number of rotatable bonds is 4. The van der Waals surface area contributed by atoms with E-state index in [0.29, 0.717) is 6.04 Å². The minimum Gasteiger partial charge on any atom is -0.335 e. The lowest BCUT2D eigenvalue weighted by Gasteiger charge is -2.03. The average molecular weight is 184 g/mol. The van der Waals surface area contributed by atoms with Crippen LogP contribution in [-0.2, 0) is 5.75 Å². The molecule has 0 radical (unpaired) electrons. The van der Waals surface area contributed by atoms with E-state index in [2.05, 4.69) is 36.5 Å². The summed E-state index contributed by atoms with van der Waals surface area (Å²) in [4.78, 5) is 4.32. The van der Waals surface area contributed by atoms with E-state index >= 15 is 0 Å². The minimum atomic E-state index is 0.526. The lowest BCUT2D eigenvalue weighted by Crippen LogP contribution is -1.95. The standard InChI is InChI=1S/C9H16N2S/c1-4-12-6-9-5-11(7-10-9)8(2)3/h5,7-8H,4,6H2,1-3H3. The molecule has 0 amide bonds. The van der Waals surface area contributed by atoms with Gasteiger partial charge in [-0.15, -0.1) is 0 Å². The van der Waals surface area contributed by atoms with E-state index < -0.39 is 0 Å². The summed E-state index contributed by atoms with van der Waals surface area (Å²) in [7, 11) is 0. The highest BCUT2D eigenvalue weighted by Crippen LogP contribution is 2.11. The quantitative estimate of drug-likeness (QED) is 0.716. The van der Waals surface area contributed by atoms with Gasteiger partial charge in [-0.25, -0.2) is 4.98 Å². The zero-order valence-corrected chi connectivity index (χ0v) is 8.77. The van der Waals surface area contributed by atoms with Gasteiger partial charge in [-0.3, -0.25) is 0 Å². The van der Waals surface area contributed by atoms with Crippen LogP contribution in [0.1, 0.15) is 32.5 Å². The molecule has 1 aromatic heterocycles. The number of hydrogen-bond acceptors (Lipinski definition) is 2. The summed E-state index contributed by atoms with van der Waals surface area (Å²) in [6.07, 6.45) is 4.05. The zero-order chi connectivity index (χ0) is 8.97. The predicted octanol–water partition coefficient (Wildman–Crippen LogP) is 2.72. The van der Waals surface area contributed by atoms with Crippen LogP contribution >= 0.6 is 11.8 Å². The average Bonchev–Trinajstić information content (AvgIpc) is 2.48. The van der Waals surface area contributed by atoms with Crippen LogP contribution in [0.15, 0.2) is 12.5 Å². The first-order valence-electron chi connectivity index (χ1n) is 4.34. The Hall–Kier alpha value is -0.440. The molecule has 0 atom stereocenters. The van der Waals surface area contributed by atoms with E-state index in [1.165, 1.54) is 5.69 Å². The van der Waals surface area contributed by atoms with Crippen LogP contribution in [0.3, 0.4) is 0 Å². The van der Waals surface area contributed by atoms with Crippen molar-refractivity contribution < 1.29 is 0 Å². The van der Waals surface area contributed by atoms with E-state index in [0.717, 1.165) is 11.5 Å². The molecule has 2 nitrogen and oxygen atoms in total. The van der Waals surface area contributed by atoms with Crippen molar-refractivity contribution in [2.45, 2.75) is 32.6 Å². The molecule has 0 aliphatic carbocycles. The summed E-state index contributed by atoms with van der Waals surface area (Å²) in [5.41, 5.74) is 1.19. The Kier molecular flexibility index (Phi) is 3.66. The second kappa shape index (κ2) is 4.55. The monoisotopic (exact) mass is 184 g/mol. The Morgan fingerprint density at radius 1 is 1.58 bits per heavy atom. The smallest absolute Gasteiger partial charge is 0.0952 e. The summed E-state index contributed by atoms with van der Waals surface area (Å²) in [5, 5.41) is 0. The lowest BCUT2D eigenvalue weighted by atomic mass is 10.4. The fraction of sp³-hybridized carbons (Fsp3) is 0.667. The van der Waals surface area contributed by atoms with Crippen molar-refractivity contribution in [3.63, 3.8) is 0 Å². The molecule has 0 spiro atoms. The highest BCUT2D eigenvalue weighted by atomic mass is 32.2. The van der Waals surface area contributed by atoms with Gasteiger partial charge in [-0.05, 0) is 19.6 Å². The van der Waals surface area contributed by atoms with Crippen LogP contribution in [-0.4, -0.2) is 15.3 Å². The minimum absolute atomic E-state index is 0.526. The Balaban J connectivity index is 2.52. The first kappa shape index (κ1) is 9.65. The molecule has 1 heterocycles. The molecule has 68 valence electrons. The molecule has 3 heteroatoms. The maximum absolute atomic E-state index is 4.32. The van der Waals surface area contributed by atoms with Crippen LogP contribution in [0.25, 0.3) is 0 Å². The molecule has 1 aromatic rings. The molecular weight excluding hydrogens is 168 g/mol. The third-order valence-electron chi connectivity index (χ3n) is 1.71. The summed E-state index contributed by atoms with van der Waals surface area (Å²) >= 11 is 1.91. The Morgan fingerprint density at radius 3 is 2.83 bits per heavy atom. The second-order valence-electron chi connectivity index (χ2n) is 3.04. The van der Waals surface area contributed by atoms with Crippen LogP contribution in [0.2, 0.25) is 0 Å². The first-order chi connectivity index (χ1) is 5.74. The van der Waals surface area contributed by atoms with E-state index in [9.17, 15) is 0 Å². The maximum atomic E-state index is 4.32. The molecule has 1 rings (SSSR count). The van der Waals surface area contributed by atoms with E-state index in [1.807, 2.05) is 18.1 Å². The van der Waals surface area contributed by atoms with Crippen molar-refractivity contribution in [2.75, 3.05) is 5.75 Å². The molecule has 0 bridgehead atoms. The number of hydrogen-bond donors (Lipinski definition) is 0. The van der Waals surface area contributed by atoms with Crippen LogP contribution < -0.4 is 0 Å². The molecule has 0 N–H and O–H groups in total. The van der Waals surface area contributed by atoms with Crippen molar-refractivity contribution in [1.82, 2.24) is 9.55 Å². The number of thioether (sulfide) groups is 1. The van der Waals surface area contributed by atoms with Gasteiger partial charge in [0, 0.05) is 18.0 Å². The Bertz CT molecular complexity index is 230. The molecule has 0 saturated carbocycles. The third-order valence-corrected chi connectivity index (χ3v) is 2.61. The van der Waals surface area contributed by atoms with Gasteiger partial charge in [0.25, 0.3) is 0 Å². The molecule has 0 fully saturated rings. The van der Waals surface area contributed by atoms with Gasteiger partial charge < -0.3 is 4.57 Å². The van der Waals surface area contributed by atoms with Gasteiger partial charge >= 0.3 is 0 Å². The number of aromatic nitrogens is 2. The van der Waals surface area contributed by atoms with Gasteiger partial charge in [0.15, 0.2) is 0 Å². The van der Waals surface area contributed by atoms with E-state index in [4.69, 9.17) is 0 Å². The fourth-order valence-corrected chi connectivity index (χ4v) is 1.51. The highest BCUT2D eigenvalue weighted by molar-refractivity contribution is 7.98. The van der Waals surface area contributed by atoms with Gasteiger partial charge in [-0.2, -0.15) is 11.8 Å². The van der Waals surface area contributed by atoms with Crippen molar-refractivity contribution >= 4 is 11.8 Å². The van der Waals surface area contributed by atoms with E-state index in [-0.39, 0.29) is 0 Å². The number of nitrogens with zero attached hydrogens (tertiary/aromatic N) is 2. The lowest BCUT2D eigenvalue weighted by molar-refractivity contribution is 0.599. The molecule has 0 aliphatic heterocycles. The van der Waals surface area contributed by atoms with Crippen molar-refractivity contribution in [3.05, 3.63) is 18.2 Å². The largest absolute Gasteiger partial charge is 0.335 e. The molecule has 0 unspecified atom stereocenters. The van der Waals surface area contributed by atoms with Crippen LogP contribution in [0.5, 0.6) is 0 Å². The summed E-state index contributed by atoms with van der Waals surface area (Å²) in [5.74, 6) is 2.20. The molecule has 0 saturated heterocycles. The molecule has 12 heavy (non-hydrogen) atoms. The molecule has 0 aliphatic rings. The van der Waals surface area contributed by atoms with Crippen molar-refractivity contribution in [2.24, 2.45) is 0 Å². The summed E-state index contributed by atoms with van der Waals surface area (Å²) in [6, 6.07) is 0.526. The van der Waals surface area contributed by atoms with Gasteiger partial charge in [0.05, 0.1) is 12.0 Å². The Labute approximate surface area is 78.4 Å². The highest BCUT2D eigenvalue weighted by Gasteiger charge is 2.00. The van der Waals surface area contributed by atoms with Crippen molar-refractivity contribution in [3.8, 4) is 0 Å². The van der Waals surface area contributed by atoms with Crippen molar-refractivity contribution in [1.29, 1.82) is 0 Å². The van der Waals surface area contributed by atoms with Gasteiger partial charge in [-0.1, -0.05) is 6.92 Å². The maximum Gasteiger partial charge on any atom is 0.0952 e. The molecule has 0 aromatic carbocycles.